The van der Waals surface area contributed by atoms with Crippen molar-refractivity contribution in [1.29, 1.82) is 0 Å². The first-order chi connectivity index (χ1) is 15.6. The second-order valence-corrected chi connectivity index (χ2v) is 8.89. The van der Waals surface area contributed by atoms with E-state index in [1.807, 2.05) is 30.5 Å². The predicted octanol–water partition coefficient (Wildman–Crippen LogP) is 4.02. The number of hydrogen-bond donors (Lipinski definition) is 2. The first-order valence-electron chi connectivity index (χ1n) is 11.8. The Kier molecular flexibility index (Phi) is 7.53. The van der Waals surface area contributed by atoms with E-state index in [9.17, 15) is 9.18 Å². The molecule has 0 radical (unpaired) electrons. The summed E-state index contributed by atoms with van der Waals surface area (Å²) in [6.45, 7) is 5.92. The second-order valence-electron chi connectivity index (χ2n) is 8.89. The Morgan fingerprint density at radius 1 is 1.19 bits per heavy atom. The summed E-state index contributed by atoms with van der Waals surface area (Å²) in [5.41, 5.74) is 3.85. The Labute approximate surface area is 190 Å². The van der Waals surface area contributed by atoms with Crippen LogP contribution >= 0.6 is 0 Å². The Balaban J connectivity index is 1.38. The van der Waals surface area contributed by atoms with Gasteiger partial charge in [-0.15, -0.1) is 0 Å². The molecule has 0 aliphatic carbocycles. The van der Waals surface area contributed by atoms with Gasteiger partial charge in [0.1, 0.15) is 11.5 Å². The van der Waals surface area contributed by atoms with Gasteiger partial charge in [-0.3, -0.25) is 9.78 Å². The topological polar surface area (TPSA) is 57.3 Å². The maximum absolute atomic E-state index is 13.2. The van der Waals surface area contributed by atoms with Crippen molar-refractivity contribution in [3.05, 3.63) is 71.3 Å². The molecular formula is C26H33FN4O. The van der Waals surface area contributed by atoms with Crippen LogP contribution in [-0.2, 0) is 6.42 Å². The number of hydrogen-bond acceptors (Lipinski definition) is 4. The van der Waals surface area contributed by atoms with Crippen molar-refractivity contribution in [1.82, 2.24) is 20.5 Å². The molecule has 1 aromatic carbocycles. The van der Waals surface area contributed by atoms with Crippen LogP contribution in [0.25, 0.3) is 5.70 Å². The van der Waals surface area contributed by atoms with Crippen LogP contribution in [0.3, 0.4) is 0 Å². The largest absolute Gasteiger partial charge is 0.371 e. The molecule has 2 aliphatic rings. The van der Waals surface area contributed by atoms with E-state index in [4.69, 9.17) is 0 Å². The highest BCUT2D eigenvalue weighted by Crippen LogP contribution is 2.28. The van der Waals surface area contributed by atoms with E-state index in [1.165, 1.54) is 12.0 Å². The van der Waals surface area contributed by atoms with Crippen LogP contribution in [0.4, 0.5) is 4.39 Å². The number of nitrogens with zero attached hydrogens (tertiary/aromatic N) is 2. The summed E-state index contributed by atoms with van der Waals surface area (Å²) in [6.07, 6.45) is 9.14. The molecule has 0 saturated carbocycles. The van der Waals surface area contributed by atoms with E-state index in [1.54, 1.807) is 12.1 Å². The zero-order chi connectivity index (χ0) is 22.3. The minimum atomic E-state index is -0.185. The highest BCUT2D eigenvalue weighted by Gasteiger charge is 2.23. The van der Waals surface area contributed by atoms with Crippen LogP contribution in [0.5, 0.6) is 0 Å². The first-order valence-corrected chi connectivity index (χ1v) is 11.8. The number of nitrogens with one attached hydrogen (secondary N) is 2. The summed E-state index contributed by atoms with van der Waals surface area (Å²) < 4.78 is 13.2. The van der Waals surface area contributed by atoms with E-state index in [0.717, 1.165) is 63.1 Å². The van der Waals surface area contributed by atoms with Gasteiger partial charge in [0.05, 0.1) is 0 Å². The standard InChI is InChI=1S/C26H33FN4O/c1-2-25(31-15-3-4-20(18-31)16-19-5-8-22(27)9-6-19)21-7-10-24(29-17-21)26(32)30-23-11-13-28-14-12-23/h2,5-10,17,20,23,28H,3-4,11-16,18H2,1H3,(H,30,32). The smallest absolute Gasteiger partial charge is 0.270 e. The third kappa shape index (κ3) is 5.74. The minimum Gasteiger partial charge on any atom is -0.371 e. The van der Waals surface area contributed by atoms with Gasteiger partial charge >= 0.3 is 0 Å². The highest BCUT2D eigenvalue weighted by molar-refractivity contribution is 5.92. The second kappa shape index (κ2) is 10.7. The molecule has 0 spiro atoms. The number of aromatic nitrogens is 1. The number of amides is 1. The fourth-order valence-electron chi connectivity index (χ4n) is 4.84. The fraction of sp³-hybridized carbons (Fsp3) is 0.462. The number of halogens is 1. The lowest BCUT2D eigenvalue weighted by atomic mass is 9.90. The molecule has 1 amide bonds. The van der Waals surface area contributed by atoms with Gasteiger partial charge in [0, 0.05) is 36.6 Å². The van der Waals surface area contributed by atoms with Gasteiger partial charge in [-0.1, -0.05) is 18.2 Å². The minimum absolute atomic E-state index is 0.0946. The van der Waals surface area contributed by atoms with Crippen molar-refractivity contribution in [2.75, 3.05) is 26.2 Å². The molecule has 2 fully saturated rings. The lowest BCUT2D eigenvalue weighted by Crippen LogP contribution is -2.42. The van der Waals surface area contributed by atoms with E-state index in [2.05, 4.69) is 33.5 Å². The SMILES string of the molecule is CC=C(c1ccc(C(=O)NC2CCNCC2)nc1)N1CCCC(Cc2ccc(F)cc2)C1. The average Bonchev–Trinajstić information content (AvgIpc) is 2.82. The van der Waals surface area contributed by atoms with E-state index < -0.39 is 0 Å². The zero-order valence-electron chi connectivity index (χ0n) is 18.8. The summed E-state index contributed by atoms with van der Waals surface area (Å²) in [7, 11) is 0. The van der Waals surface area contributed by atoms with Crippen LogP contribution < -0.4 is 10.6 Å². The van der Waals surface area contributed by atoms with Gasteiger partial charge in [0.15, 0.2) is 0 Å². The molecule has 0 bridgehead atoms. The van der Waals surface area contributed by atoms with Crippen molar-refractivity contribution >= 4 is 11.6 Å². The van der Waals surface area contributed by atoms with Gasteiger partial charge in [-0.2, -0.15) is 0 Å². The van der Waals surface area contributed by atoms with E-state index in [0.29, 0.717) is 11.6 Å². The fourth-order valence-corrected chi connectivity index (χ4v) is 4.84. The quantitative estimate of drug-likeness (QED) is 0.718. The molecule has 4 rings (SSSR count). The van der Waals surface area contributed by atoms with Gasteiger partial charge in [-0.25, -0.2) is 4.39 Å². The van der Waals surface area contributed by atoms with Gasteiger partial charge in [0.25, 0.3) is 5.91 Å². The number of benzene rings is 1. The lowest BCUT2D eigenvalue weighted by Gasteiger charge is -2.36. The van der Waals surface area contributed by atoms with E-state index >= 15 is 0 Å². The Morgan fingerprint density at radius 3 is 2.66 bits per heavy atom. The number of piperidine rings is 2. The number of rotatable bonds is 6. The molecular weight excluding hydrogens is 403 g/mol. The van der Waals surface area contributed by atoms with Gasteiger partial charge < -0.3 is 15.5 Å². The Morgan fingerprint density at radius 2 is 1.97 bits per heavy atom. The number of carbonyl (C=O) groups is 1. The Bertz CT molecular complexity index is 920. The van der Waals surface area contributed by atoms with Crippen molar-refractivity contribution in [2.45, 2.75) is 45.1 Å². The third-order valence-corrected chi connectivity index (χ3v) is 6.54. The molecule has 5 nitrogen and oxygen atoms in total. The molecule has 1 aromatic heterocycles. The number of allylic oxidation sites excluding steroid dienone is 1. The summed E-state index contributed by atoms with van der Waals surface area (Å²) in [5.74, 6) is 0.255. The monoisotopic (exact) mass is 436 g/mol. The number of pyridine rings is 1. The van der Waals surface area contributed by atoms with Crippen LogP contribution in [0.15, 0.2) is 48.7 Å². The molecule has 3 heterocycles. The number of likely N-dealkylation sites (tertiary alicyclic amines) is 1. The first kappa shape index (κ1) is 22.5. The summed E-state index contributed by atoms with van der Waals surface area (Å²) in [6, 6.07) is 10.9. The summed E-state index contributed by atoms with van der Waals surface area (Å²) in [4.78, 5) is 19.5. The normalized spacial score (nSPS) is 20.2. The maximum atomic E-state index is 13.2. The molecule has 6 heteroatoms. The number of carbonyl (C=O) groups excluding carboxylic acids is 1. The molecule has 32 heavy (non-hydrogen) atoms. The van der Waals surface area contributed by atoms with Crippen molar-refractivity contribution in [3.8, 4) is 0 Å². The van der Waals surface area contributed by atoms with Crippen LogP contribution in [0.1, 0.15) is 54.2 Å². The average molecular weight is 437 g/mol. The lowest BCUT2D eigenvalue weighted by molar-refractivity contribution is 0.0924. The van der Waals surface area contributed by atoms with Crippen LogP contribution in [-0.4, -0.2) is 48.0 Å². The molecule has 2 saturated heterocycles. The Hall–Kier alpha value is -2.73. The molecule has 2 aliphatic heterocycles. The molecule has 170 valence electrons. The van der Waals surface area contributed by atoms with E-state index in [-0.39, 0.29) is 17.8 Å². The molecule has 1 unspecified atom stereocenters. The molecule has 2 N–H and O–H groups in total. The van der Waals surface area contributed by atoms with Crippen molar-refractivity contribution in [3.63, 3.8) is 0 Å². The predicted molar refractivity (Wildman–Crippen MR) is 126 cm³/mol. The highest BCUT2D eigenvalue weighted by atomic mass is 19.1. The molecule has 1 atom stereocenters. The van der Waals surface area contributed by atoms with Crippen LogP contribution in [0.2, 0.25) is 0 Å². The summed E-state index contributed by atoms with van der Waals surface area (Å²) >= 11 is 0. The summed E-state index contributed by atoms with van der Waals surface area (Å²) in [5, 5.41) is 6.41. The maximum Gasteiger partial charge on any atom is 0.270 e. The van der Waals surface area contributed by atoms with Crippen molar-refractivity contribution < 1.29 is 9.18 Å². The zero-order valence-corrected chi connectivity index (χ0v) is 18.8. The van der Waals surface area contributed by atoms with Gasteiger partial charge in [-0.05, 0) is 87.9 Å². The molecule has 2 aromatic rings. The van der Waals surface area contributed by atoms with Gasteiger partial charge in [0.2, 0.25) is 0 Å². The third-order valence-electron chi connectivity index (χ3n) is 6.54. The van der Waals surface area contributed by atoms with Crippen LogP contribution in [0, 0.1) is 11.7 Å². The van der Waals surface area contributed by atoms with Crippen molar-refractivity contribution in [2.24, 2.45) is 5.92 Å².